The number of hydrogen-bond acceptors (Lipinski definition) is 7. The summed E-state index contributed by atoms with van der Waals surface area (Å²) in [5, 5.41) is 13.9. The van der Waals surface area contributed by atoms with Gasteiger partial charge in [-0.1, -0.05) is 53.7 Å². The number of amides is 1. The van der Waals surface area contributed by atoms with Crippen LogP contribution in [0.1, 0.15) is 5.56 Å². The lowest BCUT2D eigenvalue weighted by Crippen LogP contribution is -2.20. The molecule has 1 aromatic heterocycles. The first-order valence-corrected chi connectivity index (χ1v) is 11.9. The maximum Gasteiger partial charge on any atom is 0.250 e. The maximum atomic E-state index is 12.4. The van der Waals surface area contributed by atoms with Crippen molar-refractivity contribution in [2.45, 2.75) is 5.16 Å². The highest BCUT2D eigenvalue weighted by Crippen LogP contribution is 2.34. The zero-order chi connectivity index (χ0) is 24.6. The van der Waals surface area contributed by atoms with Crippen molar-refractivity contribution in [3.05, 3.63) is 83.4 Å². The molecule has 10 heteroatoms. The molecule has 0 unspecified atom stereocenters. The standard InChI is InChI=1S/C25H22ClN5O3S/c1-33-21-12-11-18(14-22(21)34-2)24-29-30-25(31(24)20-9-4-3-5-10-20)35-16-23(32)28-27-15-17-7-6-8-19(26)13-17/h3-15H,16H2,1-2H3,(H,28,32)/b27-15+. The second-order valence-electron chi connectivity index (χ2n) is 7.18. The minimum Gasteiger partial charge on any atom is -0.493 e. The molecular formula is C25H22ClN5O3S. The van der Waals surface area contributed by atoms with Gasteiger partial charge in [-0.2, -0.15) is 5.10 Å². The fourth-order valence-corrected chi connectivity index (χ4v) is 4.21. The van der Waals surface area contributed by atoms with Crippen LogP contribution < -0.4 is 14.9 Å². The van der Waals surface area contributed by atoms with Crippen LogP contribution in [0.4, 0.5) is 0 Å². The van der Waals surface area contributed by atoms with Gasteiger partial charge >= 0.3 is 0 Å². The minimum absolute atomic E-state index is 0.101. The van der Waals surface area contributed by atoms with Gasteiger partial charge in [-0.3, -0.25) is 9.36 Å². The van der Waals surface area contributed by atoms with E-state index in [1.807, 2.05) is 65.2 Å². The van der Waals surface area contributed by atoms with Gasteiger partial charge in [0.2, 0.25) is 0 Å². The Morgan fingerprint density at radius 3 is 2.57 bits per heavy atom. The molecule has 0 atom stereocenters. The monoisotopic (exact) mass is 507 g/mol. The first-order chi connectivity index (χ1) is 17.1. The highest BCUT2D eigenvalue weighted by atomic mass is 35.5. The summed E-state index contributed by atoms with van der Waals surface area (Å²) < 4.78 is 12.7. The molecule has 8 nitrogen and oxygen atoms in total. The first kappa shape index (κ1) is 24.3. The van der Waals surface area contributed by atoms with Crippen LogP contribution in [0.2, 0.25) is 5.02 Å². The van der Waals surface area contributed by atoms with Crippen LogP contribution >= 0.6 is 23.4 Å². The molecule has 0 aliphatic rings. The van der Waals surface area contributed by atoms with E-state index < -0.39 is 0 Å². The Kier molecular flexibility index (Phi) is 8.02. The van der Waals surface area contributed by atoms with E-state index in [1.54, 1.807) is 26.4 Å². The van der Waals surface area contributed by atoms with Crippen molar-refractivity contribution >= 4 is 35.5 Å². The van der Waals surface area contributed by atoms with Crippen molar-refractivity contribution in [1.29, 1.82) is 0 Å². The van der Waals surface area contributed by atoms with E-state index in [9.17, 15) is 4.79 Å². The third-order valence-electron chi connectivity index (χ3n) is 4.87. The number of methoxy groups -OCH3 is 2. The van der Waals surface area contributed by atoms with E-state index in [2.05, 4.69) is 20.7 Å². The van der Waals surface area contributed by atoms with E-state index in [4.69, 9.17) is 21.1 Å². The summed E-state index contributed by atoms with van der Waals surface area (Å²) in [4.78, 5) is 12.4. The fraction of sp³-hybridized carbons (Fsp3) is 0.120. The van der Waals surface area contributed by atoms with E-state index in [0.29, 0.717) is 27.5 Å². The third-order valence-corrected chi connectivity index (χ3v) is 6.04. The Balaban J connectivity index is 1.54. The first-order valence-electron chi connectivity index (χ1n) is 10.5. The van der Waals surface area contributed by atoms with E-state index in [0.717, 1.165) is 16.8 Å². The molecule has 1 N–H and O–H groups in total. The number of hydrazone groups is 1. The summed E-state index contributed by atoms with van der Waals surface area (Å²) in [5.41, 5.74) is 4.97. The minimum atomic E-state index is -0.274. The fourth-order valence-electron chi connectivity index (χ4n) is 3.26. The molecule has 4 rings (SSSR count). The van der Waals surface area contributed by atoms with Gasteiger partial charge in [0.05, 0.1) is 26.2 Å². The molecule has 0 spiro atoms. The number of carbonyl (C=O) groups is 1. The van der Waals surface area contributed by atoms with Crippen molar-refractivity contribution in [3.8, 4) is 28.6 Å². The van der Waals surface area contributed by atoms with Crippen LogP contribution in [0.15, 0.2) is 83.1 Å². The Morgan fingerprint density at radius 1 is 1.03 bits per heavy atom. The van der Waals surface area contributed by atoms with Gasteiger partial charge in [0.25, 0.3) is 5.91 Å². The number of rotatable bonds is 9. The summed E-state index contributed by atoms with van der Waals surface area (Å²) in [6.45, 7) is 0. The van der Waals surface area contributed by atoms with Gasteiger partial charge in [0.15, 0.2) is 22.5 Å². The lowest BCUT2D eigenvalue weighted by molar-refractivity contribution is -0.118. The van der Waals surface area contributed by atoms with Crippen molar-refractivity contribution in [2.75, 3.05) is 20.0 Å². The molecular weight excluding hydrogens is 486 g/mol. The highest BCUT2D eigenvalue weighted by Gasteiger charge is 2.18. The molecule has 3 aromatic carbocycles. The maximum absolute atomic E-state index is 12.4. The van der Waals surface area contributed by atoms with Crippen molar-refractivity contribution in [1.82, 2.24) is 20.2 Å². The zero-order valence-electron chi connectivity index (χ0n) is 19.0. The topological polar surface area (TPSA) is 90.6 Å². The van der Waals surface area contributed by atoms with E-state index in [-0.39, 0.29) is 11.7 Å². The number of aromatic nitrogens is 3. The molecule has 0 saturated heterocycles. The number of benzene rings is 3. The van der Waals surface area contributed by atoms with Crippen LogP contribution in [0.3, 0.4) is 0 Å². The normalized spacial score (nSPS) is 10.9. The van der Waals surface area contributed by atoms with Gasteiger partial charge in [-0.25, -0.2) is 5.43 Å². The van der Waals surface area contributed by atoms with E-state index >= 15 is 0 Å². The number of hydrogen-bond donors (Lipinski definition) is 1. The molecule has 0 aliphatic heterocycles. The Bertz CT molecular complexity index is 1340. The molecule has 0 fully saturated rings. The smallest absolute Gasteiger partial charge is 0.250 e. The van der Waals surface area contributed by atoms with Crippen molar-refractivity contribution < 1.29 is 14.3 Å². The van der Waals surface area contributed by atoms with Crippen molar-refractivity contribution in [3.63, 3.8) is 0 Å². The second kappa shape index (κ2) is 11.5. The Labute approximate surface area is 211 Å². The number of ether oxygens (including phenoxy) is 2. The molecule has 1 amide bonds. The van der Waals surface area contributed by atoms with Gasteiger partial charge in [-0.05, 0) is 48.0 Å². The molecule has 178 valence electrons. The van der Waals surface area contributed by atoms with Gasteiger partial charge in [-0.15, -0.1) is 10.2 Å². The summed E-state index contributed by atoms with van der Waals surface area (Å²) in [5.74, 6) is 1.64. The lowest BCUT2D eigenvalue weighted by atomic mass is 10.2. The molecule has 1 heterocycles. The summed E-state index contributed by atoms with van der Waals surface area (Å²) in [6, 6.07) is 22.4. The summed E-state index contributed by atoms with van der Waals surface area (Å²) >= 11 is 7.22. The number of thioether (sulfide) groups is 1. The van der Waals surface area contributed by atoms with Gasteiger partial charge in [0.1, 0.15) is 0 Å². The Hall–Kier alpha value is -3.82. The molecule has 0 radical (unpaired) electrons. The Morgan fingerprint density at radius 2 is 1.83 bits per heavy atom. The highest BCUT2D eigenvalue weighted by molar-refractivity contribution is 7.99. The summed E-state index contributed by atoms with van der Waals surface area (Å²) in [7, 11) is 3.17. The molecule has 0 bridgehead atoms. The predicted octanol–water partition coefficient (Wildman–Crippen LogP) is 4.85. The number of carbonyl (C=O) groups excluding carboxylic acids is 1. The van der Waals surface area contributed by atoms with Gasteiger partial charge in [0, 0.05) is 16.3 Å². The number of nitrogens with one attached hydrogen (secondary N) is 1. The average molecular weight is 508 g/mol. The zero-order valence-corrected chi connectivity index (χ0v) is 20.6. The molecule has 0 saturated carbocycles. The number of nitrogens with zero attached hydrogens (tertiary/aromatic N) is 4. The predicted molar refractivity (Wildman–Crippen MR) is 138 cm³/mol. The van der Waals surface area contributed by atoms with E-state index in [1.165, 1.54) is 18.0 Å². The van der Waals surface area contributed by atoms with Crippen LogP contribution in [0.5, 0.6) is 11.5 Å². The SMILES string of the molecule is COc1ccc(-c2nnc(SCC(=O)N/N=C/c3cccc(Cl)c3)n2-c2ccccc2)cc1OC. The number of para-hydroxylation sites is 1. The third kappa shape index (κ3) is 6.00. The lowest BCUT2D eigenvalue weighted by Gasteiger charge is -2.12. The largest absolute Gasteiger partial charge is 0.493 e. The van der Waals surface area contributed by atoms with Crippen molar-refractivity contribution in [2.24, 2.45) is 5.10 Å². The van der Waals surface area contributed by atoms with Crippen LogP contribution in [0.25, 0.3) is 17.1 Å². The molecule has 35 heavy (non-hydrogen) atoms. The second-order valence-corrected chi connectivity index (χ2v) is 8.56. The molecule has 0 aliphatic carbocycles. The number of halogens is 1. The van der Waals surface area contributed by atoms with Gasteiger partial charge < -0.3 is 9.47 Å². The van der Waals surface area contributed by atoms with Crippen LogP contribution in [-0.4, -0.2) is 46.9 Å². The summed E-state index contributed by atoms with van der Waals surface area (Å²) in [6.07, 6.45) is 1.54. The quantitative estimate of drug-likeness (QED) is 0.198. The average Bonchev–Trinajstić information content (AvgIpc) is 3.31. The van der Waals surface area contributed by atoms with Crippen LogP contribution in [0, 0.1) is 0 Å². The van der Waals surface area contributed by atoms with Crippen LogP contribution in [-0.2, 0) is 4.79 Å². The molecule has 4 aromatic rings.